The van der Waals surface area contributed by atoms with Crippen LogP contribution in [0.15, 0.2) is 59.7 Å². The van der Waals surface area contributed by atoms with Crippen LogP contribution in [0.5, 0.6) is 5.75 Å². The van der Waals surface area contributed by atoms with E-state index in [2.05, 4.69) is 15.2 Å². The Labute approximate surface area is 185 Å². The predicted octanol–water partition coefficient (Wildman–Crippen LogP) is 2.38. The van der Waals surface area contributed by atoms with Gasteiger partial charge >= 0.3 is 0 Å². The van der Waals surface area contributed by atoms with Crippen LogP contribution >= 0.6 is 0 Å². The SMILES string of the molecule is COc1cc(=O)n2c(c1C(=O)NCc1cccc(F)c1)CCN(Cc1ccncc1)CC2. The van der Waals surface area contributed by atoms with Gasteiger partial charge in [0.15, 0.2) is 0 Å². The van der Waals surface area contributed by atoms with Gasteiger partial charge in [-0.15, -0.1) is 0 Å². The maximum Gasteiger partial charge on any atom is 0.257 e. The molecule has 1 aromatic carbocycles. The summed E-state index contributed by atoms with van der Waals surface area (Å²) in [4.78, 5) is 32.2. The highest BCUT2D eigenvalue weighted by Crippen LogP contribution is 2.23. The summed E-state index contributed by atoms with van der Waals surface area (Å²) in [6.45, 7) is 2.77. The van der Waals surface area contributed by atoms with Crippen molar-refractivity contribution in [2.45, 2.75) is 26.1 Å². The van der Waals surface area contributed by atoms with Crippen molar-refractivity contribution in [3.63, 3.8) is 0 Å². The van der Waals surface area contributed by atoms with Crippen LogP contribution in [-0.4, -0.2) is 40.6 Å². The van der Waals surface area contributed by atoms with Crippen molar-refractivity contribution in [1.29, 1.82) is 0 Å². The lowest BCUT2D eigenvalue weighted by Gasteiger charge is -2.19. The first kappa shape index (κ1) is 21.7. The third-order valence-electron chi connectivity index (χ3n) is 5.63. The summed E-state index contributed by atoms with van der Waals surface area (Å²) in [5.41, 5.74) is 2.62. The van der Waals surface area contributed by atoms with Crippen molar-refractivity contribution in [3.05, 3.63) is 93.4 Å². The number of pyridine rings is 2. The van der Waals surface area contributed by atoms with Gasteiger partial charge in [-0.25, -0.2) is 4.39 Å². The fraction of sp³-hybridized carbons (Fsp3) is 0.292. The van der Waals surface area contributed by atoms with Gasteiger partial charge in [-0.05, 0) is 35.4 Å². The molecule has 32 heavy (non-hydrogen) atoms. The first-order valence-corrected chi connectivity index (χ1v) is 10.5. The van der Waals surface area contributed by atoms with Crippen LogP contribution in [0.4, 0.5) is 4.39 Å². The van der Waals surface area contributed by atoms with Crippen LogP contribution in [0.3, 0.4) is 0 Å². The number of methoxy groups -OCH3 is 1. The smallest absolute Gasteiger partial charge is 0.257 e. The van der Waals surface area contributed by atoms with Gasteiger partial charge in [-0.1, -0.05) is 12.1 Å². The highest BCUT2D eigenvalue weighted by Gasteiger charge is 2.25. The number of benzene rings is 1. The van der Waals surface area contributed by atoms with E-state index >= 15 is 0 Å². The monoisotopic (exact) mass is 436 g/mol. The zero-order valence-electron chi connectivity index (χ0n) is 17.9. The van der Waals surface area contributed by atoms with Gasteiger partial charge in [0.1, 0.15) is 17.1 Å². The van der Waals surface area contributed by atoms with Crippen LogP contribution in [0.1, 0.15) is 27.2 Å². The van der Waals surface area contributed by atoms with Gasteiger partial charge in [0.2, 0.25) is 0 Å². The highest BCUT2D eigenvalue weighted by molar-refractivity contribution is 5.98. The Morgan fingerprint density at radius 3 is 2.69 bits per heavy atom. The van der Waals surface area contributed by atoms with E-state index in [9.17, 15) is 14.0 Å². The van der Waals surface area contributed by atoms with Crippen LogP contribution in [0.25, 0.3) is 0 Å². The third-order valence-corrected chi connectivity index (χ3v) is 5.63. The number of ether oxygens (including phenoxy) is 1. The molecule has 166 valence electrons. The van der Waals surface area contributed by atoms with Crippen LogP contribution in [0, 0.1) is 5.82 Å². The first-order valence-electron chi connectivity index (χ1n) is 10.5. The number of fused-ring (bicyclic) bond motifs is 1. The molecule has 0 atom stereocenters. The van der Waals surface area contributed by atoms with E-state index in [1.807, 2.05) is 12.1 Å². The van der Waals surface area contributed by atoms with E-state index in [1.165, 1.54) is 25.3 Å². The number of nitrogens with zero attached hydrogens (tertiary/aromatic N) is 3. The predicted molar refractivity (Wildman–Crippen MR) is 118 cm³/mol. The maximum absolute atomic E-state index is 13.5. The molecule has 8 heteroatoms. The van der Waals surface area contributed by atoms with E-state index in [0.717, 1.165) is 12.1 Å². The molecule has 2 aromatic heterocycles. The Bertz CT molecular complexity index is 1160. The molecular weight excluding hydrogens is 411 g/mol. The van der Waals surface area contributed by atoms with Gasteiger partial charge in [0, 0.05) is 63.3 Å². The molecule has 3 aromatic rings. The van der Waals surface area contributed by atoms with Crippen molar-refractivity contribution >= 4 is 5.91 Å². The number of halogens is 1. The summed E-state index contributed by atoms with van der Waals surface area (Å²) in [7, 11) is 1.45. The third kappa shape index (κ3) is 4.86. The second-order valence-corrected chi connectivity index (χ2v) is 7.72. The summed E-state index contributed by atoms with van der Waals surface area (Å²) in [6.07, 6.45) is 4.05. The van der Waals surface area contributed by atoms with Crippen molar-refractivity contribution in [2.75, 3.05) is 20.2 Å². The molecule has 3 heterocycles. The average Bonchev–Trinajstić information content (AvgIpc) is 3.01. The van der Waals surface area contributed by atoms with Crippen molar-refractivity contribution < 1.29 is 13.9 Å². The molecule has 0 saturated carbocycles. The molecule has 1 aliphatic heterocycles. The number of hydrogen-bond donors (Lipinski definition) is 1. The molecule has 7 nitrogen and oxygen atoms in total. The molecule has 0 saturated heterocycles. The van der Waals surface area contributed by atoms with Gasteiger partial charge in [0.05, 0.1) is 7.11 Å². The van der Waals surface area contributed by atoms with Crippen LogP contribution < -0.4 is 15.6 Å². The number of rotatable bonds is 6. The summed E-state index contributed by atoms with van der Waals surface area (Å²) in [6, 6.07) is 11.4. The number of aromatic nitrogens is 2. The summed E-state index contributed by atoms with van der Waals surface area (Å²) < 4.78 is 20.5. The van der Waals surface area contributed by atoms with E-state index in [-0.39, 0.29) is 29.6 Å². The van der Waals surface area contributed by atoms with Crippen molar-refractivity contribution in [2.24, 2.45) is 0 Å². The fourth-order valence-electron chi connectivity index (χ4n) is 4.02. The molecule has 1 N–H and O–H groups in total. The number of carbonyl (C=O) groups is 1. The van der Waals surface area contributed by atoms with Crippen LogP contribution in [0.2, 0.25) is 0 Å². The largest absolute Gasteiger partial charge is 0.496 e. The minimum Gasteiger partial charge on any atom is -0.496 e. The van der Waals surface area contributed by atoms with Gasteiger partial charge < -0.3 is 14.6 Å². The Hall–Kier alpha value is -3.52. The topological polar surface area (TPSA) is 76.5 Å². The Morgan fingerprint density at radius 1 is 1.12 bits per heavy atom. The fourth-order valence-corrected chi connectivity index (χ4v) is 4.02. The second-order valence-electron chi connectivity index (χ2n) is 7.72. The minimum absolute atomic E-state index is 0.173. The summed E-state index contributed by atoms with van der Waals surface area (Å²) >= 11 is 0. The maximum atomic E-state index is 13.5. The molecule has 0 bridgehead atoms. The van der Waals surface area contributed by atoms with E-state index in [0.29, 0.717) is 42.9 Å². The van der Waals surface area contributed by atoms with Crippen molar-refractivity contribution in [3.8, 4) is 5.75 Å². The van der Waals surface area contributed by atoms with Gasteiger partial charge in [-0.3, -0.25) is 19.5 Å². The van der Waals surface area contributed by atoms with E-state index in [4.69, 9.17) is 4.74 Å². The molecular formula is C24H25FN4O3. The minimum atomic E-state index is -0.358. The number of hydrogen-bond acceptors (Lipinski definition) is 5. The lowest BCUT2D eigenvalue weighted by Crippen LogP contribution is -2.31. The molecule has 0 spiro atoms. The Morgan fingerprint density at radius 2 is 1.94 bits per heavy atom. The number of carbonyl (C=O) groups excluding carboxylic acids is 1. The lowest BCUT2D eigenvalue weighted by atomic mass is 10.1. The zero-order chi connectivity index (χ0) is 22.5. The molecule has 0 fully saturated rings. The van der Waals surface area contributed by atoms with Gasteiger partial charge in [-0.2, -0.15) is 0 Å². The standard InChI is InChI=1S/C24H25FN4O3/c1-32-21-14-22(30)29-12-11-28(16-17-5-8-26-9-6-17)10-7-20(29)23(21)24(31)27-15-18-3-2-4-19(25)13-18/h2-6,8-9,13-14H,7,10-12,15-16H2,1H3,(H,27,31). The normalized spacial score (nSPS) is 13.8. The quantitative estimate of drug-likeness (QED) is 0.642. The number of nitrogens with one attached hydrogen (secondary N) is 1. The number of amides is 1. The highest BCUT2D eigenvalue weighted by atomic mass is 19.1. The zero-order valence-corrected chi connectivity index (χ0v) is 17.9. The summed E-state index contributed by atoms with van der Waals surface area (Å²) in [5.74, 6) is -0.457. The molecule has 1 aliphatic rings. The molecule has 0 aliphatic carbocycles. The van der Waals surface area contributed by atoms with E-state index < -0.39 is 0 Å². The molecule has 0 radical (unpaired) electrons. The Balaban J connectivity index is 1.57. The molecule has 4 rings (SSSR count). The molecule has 0 unspecified atom stereocenters. The van der Waals surface area contributed by atoms with E-state index in [1.54, 1.807) is 29.1 Å². The summed E-state index contributed by atoms with van der Waals surface area (Å²) in [5, 5.41) is 2.84. The lowest BCUT2D eigenvalue weighted by molar-refractivity contribution is 0.0945. The second kappa shape index (κ2) is 9.74. The van der Waals surface area contributed by atoms with Crippen LogP contribution in [-0.2, 0) is 26.1 Å². The molecule has 1 amide bonds. The average molecular weight is 436 g/mol. The first-order chi connectivity index (χ1) is 15.5. The Kier molecular flexibility index (Phi) is 6.61. The van der Waals surface area contributed by atoms with Crippen molar-refractivity contribution in [1.82, 2.24) is 19.8 Å². The van der Waals surface area contributed by atoms with Gasteiger partial charge in [0.25, 0.3) is 11.5 Å².